The van der Waals surface area contributed by atoms with Crippen molar-refractivity contribution in [2.24, 2.45) is 5.16 Å². The van der Waals surface area contributed by atoms with E-state index in [1.807, 2.05) is 0 Å². The first-order valence-electron chi connectivity index (χ1n) is 12.7. The van der Waals surface area contributed by atoms with Crippen molar-refractivity contribution in [1.29, 1.82) is 0 Å². The minimum atomic E-state index is -4.87. The van der Waals surface area contributed by atoms with Gasteiger partial charge in [-0.25, -0.2) is 0 Å². The summed E-state index contributed by atoms with van der Waals surface area (Å²) in [6.45, 7) is 1.82. The molecule has 222 valence electrons. The molecule has 3 aromatic carbocycles. The van der Waals surface area contributed by atoms with E-state index in [2.05, 4.69) is 15.2 Å². The first-order valence-corrected chi connectivity index (χ1v) is 13.1. The number of fused-ring (bicyclic) bond motifs is 1. The maximum atomic E-state index is 14.0. The zero-order chi connectivity index (χ0) is 30.4. The van der Waals surface area contributed by atoms with Crippen LogP contribution in [0, 0.1) is 0 Å². The number of hydrogen-bond donors (Lipinski definition) is 2. The van der Waals surface area contributed by atoms with Crippen LogP contribution in [-0.2, 0) is 20.8 Å². The standard InChI is InChI=1S/C29H27ClF3N3O6/c1-17(35-41-12-10-26(37)38)20-13-22(15-24(14-20)40-2)34-27(19-3-6-21(30)7-4-19)28(39)36-11-9-18-5-8-23(16-25(18)36)42-29(31,32)33/h3-8,13-16,27,34H,9-12H2,1-2H3,(H,37,38). The number of ether oxygens (including phenoxy) is 2. The molecule has 2 N–H and O–H groups in total. The molecule has 1 unspecified atom stereocenters. The van der Waals surface area contributed by atoms with Crippen LogP contribution in [0.5, 0.6) is 11.5 Å². The van der Waals surface area contributed by atoms with Crippen molar-refractivity contribution in [2.75, 3.05) is 30.5 Å². The molecule has 0 aromatic heterocycles. The van der Waals surface area contributed by atoms with Gasteiger partial charge in [0.15, 0.2) is 0 Å². The number of anilines is 2. The van der Waals surface area contributed by atoms with E-state index in [1.165, 1.54) is 30.2 Å². The molecular formula is C29H27ClF3N3O6. The van der Waals surface area contributed by atoms with Gasteiger partial charge >= 0.3 is 12.3 Å². The average molecular weight is 606 g/mol. The molecule has 0 saturated heterocycles. The van der Waals surface area contributed by atoms with Crippen LogP contribution in [0.1, 0.15) is 36.1 Å². The number of nitrogens with one attached hydrogen (secondary N) is 1. The maximum absolute atomic E-state index is 14.0. The summed E-state index contributed by atoms with van der Waals surface area (Å²) in [4.78, 5) is 31.3. The third-order valence-electron chi connectivity index (χ3n) is 6.38. The Morgan fingerprint density at radius 1 is 1.10 bits per heavy atom. The number of rotatable bonds is 11. The highest BCUT2D eigenvalue weighted by molar-refractivity contribution is 6.30. The molecule has 0 fully saturated rings. The number of alkyl halides is 3. The van der Waals surface area contributed by atoms with Crippen LogP contribution in [0.15, 0.2) is 65.8 Å². The number of halogens is 4. The predicted molar refractivity (Wildman–Crippen MR) is 150 cm³/mol. The number of aliphatic carboxylic acids is 1. The number of nitrogens with zero attached hydrogens (tertiary/aromatic N) is 2. The van der Waals surface area contributed by atoms with Crippen molar-refractivity contribution in [3.8, 4) is 11.5 Å². The molecule has 1 amide bonds. The van der Waals surface area contributed by atoms with E-state index < -0.39 is 30.0 Å². The highest BCUT2D eigenvalue weighted by Gasteiger charge is 2.34. The lowest BCUT2D eigenvalue weighted by atomic mass is 10.0. The summed E-state index contributed by atoms with van der Waals surface area (Å²) in [5.74, 6) is -1.40. The number of carboxylic acid groups (broad SMARTS) is 1. The lowest BCUT2D eigenvalue weighted by Gasteiger charge is -2.27. The van der Waals surface area contributed by atoms with Crippen molar-refractivity contribution >= 4 is 40.6 Å². The van der Waals surface area contributed by atoms with Crippen LogP contribution in [0.2, 0.25) is 5.02 Å². The van der Waals surface area contributed by atoms with Gasteiger partial charge in [0, 0.05) is 35.0 Å². The molecule has 9 nitrogen and oxygen atoms in total. The van der Waals surface area contributed by atoms with Gasteiger partial charge in [-0.05, 0) is 54.8 Å². The number of oxime groups is 1. The Morgan fingerprint density at radius 3 is 2.50 bits per heavy atom. The summed E-state index contributed by atoms with van der Waals surface area (Å²) in [7, 11) is 1.47. The molecule has 42 heavy (non-hydrogen) atoms. The van der Waals surface area contributed by atoms with E-state index in [4.69, 9.17) is 26.3 Å². The van der Waals surface area contributed by atoms with Crippen LogP contribution in [-0.4, -0.2) is 49.3 Å². The van der Waals surface area contributed by atoms with Gasteiger partial charge in [-0.3, -0.25) is 9.59 Å². The lowest BCUT2D eigenvalue weighted by molar-refractivity contribution is -0.274. The van der Waals surface area contributed by atoms with Gasteiger partial charge in [0.2, 0.25) is 0 Å². The summed E-state index contributed by atoms with van der Waals surface area (Å²) in [6.07, 6.45) is -4.63. The molecule has 0 bridgehead atoms. The third kappa shape index (κ3) is 7.84. The summed E-state index contributed by atoms with van der Waals surface area (Å²) < 4.78 is 48.1. The topological polar surface area (TPSA) is 110 Å². The van der Waals surface area contributed by atoms with E-state index in [1.54, 1.807) is 49.4 Å². The SMILES string of the molecule is COc1cc(NC(C(=O)N2CCc3ccc(OC(F)(F)F)cc32)c2ccc(Cl)cc2)cc(C(C)=NOCCC(=O)O)c1. The lowest BCUT2D eigenvalue weighted by Crippen LogP contribution is -2.37. The Labute approximate surface area is 244 Å². The zero-order valence-electron chi connectivity index (χ0n) is 22.6. The molecule has 0 radical (unpaired) electrons. The van der Waals surface area contributed by atoms with Gasteiger partial charge in [0.05, 0.1) is 24.9 Å². The molecule has 1 heterocycles. The summed E-state index contributed by atoms with van der Waals surface area (Å²) in [6, 6.07) is 14.7. The largest absolute Gasteiger partial charge is 0.573 e. The fourth-order valence-corrected chi connectivity index (χ4v) is 4.51. The number of amides is 1. The Morgan fingerprint density at radius 2 is 1.83 bits per heavy atom. The van der Waals surface area contributed by atoms with E-state index in [0.717, 1.165) is 0 Å². The summed E-state index contributed by atoms with van der Waals surface area (Å²) >= 11 is 6.09. The van der Waals surface area contributed by atoms with E-state index >= 15 is 0 Å². The zero-order valence-corrected chi connectivity index (χ0v) is 23.3. The minimum absolute atomic E-state index is 0.109. The number of hydrogen-bond acceptors (Lipinski definition) is 7. The van der Waals surface area contributed by atoms with Crippen LogP contribution < -0.4 is 19.7 Å². The predicted octanol–water partition coefficient (Wildman–Crippen LogP) is 6.21. The van der Waals surface area contributed by atoms with Crippen molar-refractivity contribution in [2.45, 2.75) is 32.2 Å². The highest BCUT2D eigenvalue weighted by atomic mass is 35.5. The molecule has 4 rings (SSSR count). The number of carbonyl (C=O) groups excluding carboxylic acids is 1. The molecule has 13 heteroatoms. The first-order chi connectivity index (χ1) is 19.9. The van der Waals surface area contributed by atoms with E-state index in [9.17, 15) is 22.8 Å². The smallest absolute Gasteiger partial charge is 0.497 e. The summed E-state index contributed by atoms with van der Waals surface area (Å²) in [5, 5.41) is 16.5. The normalized spacial score (nSPS) is 13.8. The fraction of sp³-hybridized carbons (Fsp3) is 0.276. The van der Waals surface area contributed by atoms with Crippen molar-refractivity contribution < 1.29 is 42.2 Å². The van der Waals surface area contributed by atoms with Crippen LogP contribution >= 0.6 is 11.6 Å². The minimum Gasteiger partial charge on any atom is -0.497 e. The van der Waals surface area contributed by atoms with E-state index in [-0.39, 0.29) is 19.6 Å². The third-order valence-corrected chi connectivity index (χ3v) is 6.63. The van der Waals surface area contributed by atoms with Gasteiger partial charge in [0.25, 0.3) is 5.91 Å². The molecule has 1 aliphatic rings. The Balaban J connectivity index is 1.66. The Bertz CT molecular complexity index is 1480. The molecule has 0 spiro atoms. The van der Waals surface area contributed by atoms with Gasteiger partial charge in [-0.2, -0.15) is 0 Å². The molecular weight excluding hydrogens is 579 g/mol. The number of carboxylic acids is 1. The molecule has 1 atom stereocenters. The van der Waals surface area contributed by atoms with Gasteiger partial charge < -0.3 is 29.6 Å². The Kier molecular flexibility index (Phi) is 9.46. The van der Waals surface area contributed by atoms with Crippen molar-refractivity contribution in [1.82, 2.24) is 0 Å². The number of methoxy groups -OCH3 is 1. The van der Waals surface area contributed by atoms with Crippen molar-refractivity contribution in [3.05, 3.63) is 82.4 Å². The van der Waals surface area contributed by atoms with Crippen LogP contribution in [0.3, 0.4) is 0 Å². The number of carbonyl (C=O) groups is 2. The number of benzene rings is 3. The highest BCUT2D eigenvalue weighted by Crippen LogP contribution is 2.36. The Hall–Kier alpha value is -4.45. The van der Waals surface area contributed by atoms with Crippen LogP contribution in [0.4, 0.5) is 24.5 Å². The molecule has 3 aromatic rings. The first kappa shape index (κ1) is 30.5. The monoisotopic (exact) mass is 605 g/mol. The second-order valence-electron chi connectivity index (χ2n) is 9.31. The van der Waals surface area contributed by atoms with Gasteiger partial charge in [-0.1, -0.05) is 35.0 Å². The molecule has 1 aliphatic heterocycles. The summed E-state index contributed by atoms with van der Waals surface area (Å²) in [5.41, 5.74) is 3.09. The van der Waals surface area contributed by atoms with Gasteiger partial charge in [0.1, 0.15) is 24.1 Å². The molecule has 0 saturated carbocycles. The van der Waals surface area contributed by atoms with Crippen LogP contribution in [0.25, 0.3) is 0 Å². The second-order valence-corrected chi connectivity index (χ2v) is 9.75. The average Bonchev–Trinajstić information content (AvgIpc) is 3.36. The van der Waals surface area contributed by atoms with Gasteiger partial charge in [-0.15, -0.1) is 13.2 Å². The molecule has 0 aliphatic carbocycles. The fourth-order valence-electron chi connectivity index (χ4n) is 4.39. The van der Waals surface area contributed by atoms with Crippen molar-refractivity contribution in [3.63, 3.8) is 0 Å². The second kappa shape index (κ2) is 13.0. The quantitative estimate of drug-likeness (QED) is 0.152. The maximum Gasteiger partial charge on any atom is 0.573 e. The van der Waals surface area contributed by atoms with E-state index in [0.29, 0.717) is 51.0 Å².